The molecule has 100 valence electrons. The molecule has 19 heavy (non-hydrogen) atoms. The second-order valence-corrected chi connectivity index (χ2v) is 5.25. The lowest BCUT2D eigenvalue weighted by Gasteiger charge is -2.13. The molecule has 2 N–H and O–H groups in total. The third-order valence-electron chi connectivity index (χ3n) is 3.77. The molecule has 2 aromatic rings. The minimum Gasteiger partial charge on any atom is -0.330 e. The highest BCUT2D eigenvalue weighted by molar-refractivity contribution is 5.30. The Kier molecular flexibility index (Phi) is 3.62. The van der Waals surface area contributed by atoms with Gasteiger partial charge in [-0.1, -0.05) is 18.2 Å². The first-order chi connectivity index (χ1) is 9.35. The summed E-state index contributed by atoms with van der Waals surface area (Å²) in [6, 6.07) is 10.2. The summed E-state index contributed by atoms with van der Waals surface area (Å²) >= 11 is 0. The van der Waals surface area contributed by atoms with Crippen LogP contribution in [0.2, 0.25) is 0 Å². The summed E-state index contributed by atoms with van der Waals surface area (Å²) < 4.78 is 1.94. The molecule has 0 bridgehead atoms. The maximum Gasteiger partial charge on any atom is 0.0645 e. The monoisotopic (exact) mass is 256 g/mol. The van der Waals surface area contributed by atoms with Gasteiger partial charge in [-0.2, -0.15) is 5.10 Å². The number of likely N-dealkylation sites (tertiary alicyclic amines) is 1. The second-order valence-electron chi connectivity index (χ2n) is 5.25. The van der Waals surface area contributed by atoms with Gasteiger partial charge in [-0.25, -0.2) is 4.68 Å². The van der Waals surface area contributed by atoms with E-state index >= 15 is 0 Å². The fourth-order valence-electron chi connectivity index (χ4n) is 2.67. The Hall–Kier alpha value is -1.65. The maximum atomic E-state index is 5.73. The molecule has 0 radical (unpaired) electrons. The van der Waals surface area contributed by atoms with Crippen molar-refractivity contribution < 1.29 is 0 Å². The number of nitrogens with zero attached hydrogens (tertiary/aromatic N) is 3. The maximum absolute atomic E-state index is 5.73. The lowest BCUT2D eigenvalue weighted by atomic mass is 10.1. The largest absolute Gasteiger partial charge is 0.330 e. The third-order valence-corrected chi connectivity index (χ3v) is 3.77. The molecule has 0 amide bonds. The molecule has 1 aliphatic rings. The van der Waals surface area contributed by atoms with Gasteiger partial charge in [0.2, 0.25) is 0 Å². The van der Waals surface area contributed by atoms with E-state index in [9.17, 15) is 0 Å². The minimum absolute atomic E-state index is 0.671. The van der Waals surface area contributed by atoms with Gasteiger partial charge in [-0.15, -0.1) is 0 Å². The molecule has 4 nitrogen and oxygen atoms in total. The Labute approximate surface area is 113 Å². The molecule has 1 aliphatic heterocycles. The van der Waals surface area contributed by atoms with Crippen LogP contribution >= 0.6 is 0 Å². The molecule has 1 saturated heterocycles. The molecule has 0 spiro atoms. The van der Waals surface area contributed by atoms with Gasteiger partial charge in [0.05, 0.1) is 11.9 Å². The molecule has 1 fully saturated rings. The number of para-hydroxylation sites is 1. The molecule has 0 aliphatic carbocycles. The topological polar surface area (TPSA) is 47.1 Å². The van der Waals surface area contributed by atoms with Gasteiger partial charge in [0.1, 0.15) is 0 Å². The van der Waals surface area contributed by atoms with Crippen LogP contribution in [0, 0.1) is 5.92 Å². The van der Waals surface area contributed by atoms with Gasteiger partial charge in [0.25, 0.3) is 0 Å². The fraction of sp³-hybridized carbons (Fsp3) is 0.400. The van der Waals surface area contributed by atoms with E-state index in [1.807, 2.05) is 29.1 Å². The van der Waals surface area contributed by atoms with Crippen LogP contribution in [0.15, 0.2) is 42.7 Å². The average Bonchev–Trinajstić information content (AvgIpc) is 3.09. The first-order valence-electron chi connectivity index (χ1n) is 6.86. The van der Waals surface area contributed by atoms with Crippen LogP contribution in [0.3, 0.4) is 0 Å². The number of benzene rings is 1. The standard InChI is InChI=1S/C15H20N4/c16-8-13-6-7-18(10-13)11-14-9-17-19(12-14)15-4-2-1-3-5-15/h1-5,9,12-13H,6-8,10-11,16H2. The lowest BCUT2D eigenvalue weighted by Crippen LogP contribution is -2.22. The summed E-state index contributed by atoms with van der Waals surface area (Å²) in [6.45, 7) is 4.05. The van der Waals surface area contributed by atoms with Crippen molar-refractivity contribution in [3.05, 3.63) is 48.3 Å². The molecule has 1 unspecified atom stereocenters. The third kappa shape index (κ3) is 2.85. The smallest absolute Gasteiger partial charge is 0.0645 e. The highest BCUT2D eigenvalue weighted by Gasteiger charge is 2.21. The normalized spacial score (nSPS) is 19.9. The summed E-state index contributed by atoms with van der Waals surface area (Å²) in [4.78, 5) is 2.46. The number of hydrogen-bond donors (Lipinski definition) is 1. The molecule has 0 saturated carbocycles. The van der Waals surface area contributed by atoms with Crippen molar-refractivity contribution in [2.45, 2.75) is 13.0 Å². The Bertz CT molecular complexity index is 520. The van der Waals surface area contributed by atoms with Crippen molar-refractivity contribution in [1.29, 1.82) is 0 Å². The van der Waals surface area contributed by atoms with Crippen LogP contribution in [0.1, 0.15) is 12.0 Å². The van der Waals surface area contributed by atoms with Crippen molar-refractivity contribution in [2.24, 2.45) is 11.7 Å². The van der Waals surface area contributed by atoms with Crippen molar-refractivity contribution in [3.63, 3.8) is 0 Å². The van der Waals surface area contributed by atoms with Crippen LogP contribution in [0.5, 0.6) is 0 Å². The number of rotatable bonds is 4. The molecule has 1 aromatic heterocycles. The van der Waals surface area contributed by atoms with Gasteiger partial charge < -0.3 is 5.73 Å². The van der Waals surface area contributed by atoms with E-state index in [1.54, 1.807) is 0 Å². The van der Waals surface area contributed by atoms with Gasteiger partial charge >= 0.3 is 0 Å². The van der Waals surface area contributed by atoms with Crippen LogP contribution < -0.4 is 5.73 Å². The van der Waals surface area contributed by atoms with Crippen LogP contribution in [-0.2, 0) is 6.54 Å². The Morgan fingerprint density at radius 3 is 2.84 bits per heavy atom. The summed E-state index contributed by atoms with van der Waals surface area (Å²) in [5.74, 6) is 0.671. The lowest BCUT2D eigenvalue weighted by molar-refractivity contribution is 0.318. The molecular formula is C15H20N4. The van der Waals surface area contributed by atoms with Crippen molar-refractivity contribution in [1.82, 2.24) is 14.7 Å². The zero-order valence-electron chi connectivity index (χ0n) is 11.1. The van der Waals surface area contributed by atoms with Crippen molar-refractivity contribution in [3.8, 4) is 5.69 Å². The molecule has 2 heterocycles. The molecule has 4 heteroatoms. The summed E-state index contributed by atoms with van der Waals surface area (Å²) in [5, 5.41) is 4.43. The Morgan fingerprint density at radius 1 is 1.26 bits per heavy atom. The fourth-order valence-corrected chi connectivity index (χ4v) is 2.67. The van der Waals surface area contributed by atoms with Crippen molar-refractivity contribution >= 4 is 0 Å². The number of hydrogen-bond acceptors (Lipinski definition) is 3. The highest BCUT2D eigenvalue weighted by Crippen LogP contribution is 2.18. The molecule has 1 aromatic carbocycles. The highest BCUT2D eigenvalue weighted by atomic mass is 15.3. The quantitative estimate of drug-likeness (QED) is 0.905. The van der Waals surface area contributed by atoms with E-state index < -0.39 is 0 Å². The van der Waals surface area contributed by atoms with Crippen LogP contribution in [-0.4, -0.2) is 34.3 Å². The molecular weight excluding hydrogens is 236 g/mol. The second kappa shape index (κ2) is 5.55. The van der Waals surface area contributed by atoms with E-state index in [0.29, 0.717) is 5.92 Å². The van der Waals surface area contributed by atoms with E-state index in [-0.39, 0.29) is 0 Å². The van der Waals surface area contributed by atoms with Crippen molar-refractivity contribution in [2.75, 3.05) is 19.6 Å². The zero-order valence-corrected chi connectivity index (χ0v) is 11.1. The van der Waals surface area contributed by atoms with Gasteiger partial charge in [0, 0.05) is 24.8 Å². The SMILES string of the molecule is NCC1CCN(Cc2cnn(-c3ccccc3)c2)C1. The molecule has 1 atom stereocenters. The van der Waals surface area contributed by atoms with E-state index in [2.05, 4.69) is 28.3 Å². The predicted molar refractivity (Wildman–Crippen MR) is 76.0 cm³/mol. The van der Waals surface area contributed by atoms with Gasteiger partial charge in [0.15, 0.2) is 0 Å². The minimum atomic E-state index is 0.671. The van der Waals surface area contributed by atoms with Crippen LogP contribution in [0.25, 0.3) is 5.69 Å². The summed E-state index contributed by atoms with van der Waals surface area (Å²) in [5.41, 5.74) is 8.10. The number of aromatic nitrogens is 2. The van der Waals surface area contributed by atoms with Crippen LogP contribution in [0.4, 0.5) is 0 Å². The number of nitrogens with two attached hydrogens (primary N) is 1. The Balaban J connectivity index is 1.66. The van der Waals surface area contributed by atoms with E-state index in [0.717, 1.165) is 31.9 Å². The summed E-state index contributed by atoms with van der Waals surface area (Å²) in [7, 11) is 0. The van der Waals surface area contributed by atoms with E-state index in [4.69, 9.17) is 5.73 Å². The summed E-state index contributed by atoms with van der Waals surface area (Å²) in [6.07, 6.45) is 5.30. The average molecular weight is 256 g/mol. The first-order valence-corrected chi connectivity index (χ1v) is 6.86. The predicted octanol–water partition coefficient (Wildman–Crippen LogP) is 1.65. The Morgan fingerprint density at radius 2 is 2.11 bits per heavy atom. The zero-order chi connectivity index (χ0) is 13.1. The van der Waals surface area contributed by atoms with E-state index in [1.165, 1.54) is 12.0 Å². The first kappa shape index (κ1) is 12.4. The molecule has 3 rings (SSSR count). The van der Waals surface area contributed by atoms with Gasteiger partial charge in [-0.05, 0) is 37.6 Å². The van der Waals surface area contributed by atoms with Gasteiger partial charge in [-0.3, -0.25) is 4.90 Å².